The largest absolute Gasteiger partial charge is 0.481 e. The number of aromatic nitrogens is 2. The number of anilines is 1. The van der Waals surface area contributed by atoms with Crippen LogP contribution in [0.3, 0.4) is 0 Å². The number of hydrogen-bond acceptors (Lipinski definition) is 4. The average molecular weight is 229 g/mol. The smallest absolute Gasteiger partial charge is 0.218 e. The van der Waals surface area contributed by atoms with Gasteiger partial charge in [0.2, 0.25) is 5.88 Å². The molecule has 4 nitrogen and oxygen atoms in total. The van der Waals surface area contributed by atoms with Crippen LogP contribution in [0.4, 0.5) is 5.82 Å². The molecule has 0 amide bonds. The molecule has 2 rings (SSSR count). The molecule has 0 unspecified atom stereocenters. The molecular formula is C13H15N3O. The van der Waals surface area contributed by atoms with Gasteiger partial charge in [0.15, 0.2) is 5.82 Å². The van der Waals surface area contributed by atoms with Crippen molar-refractivity contribution in [3.8, 4) is 17.3 Å². The van der Waals surface area contributed by atoms with Gasteiger partial charge in [-0.2, -0.15) is 4.98 Å². The molecule has 88 valence electrons. The van der Waals surface area contributed by atoms with E-state index in [0.29, 0.717) is 11.7 Å². The topological polar surface area (TPSA) is 47.0 Å². The van der Waals surface area contributed by atoms with Gasteiger partial charge >= 0.3 is 0 Å². The standard InChI is InChI=1S/C13H15N3O/c1-9-5-4-6-10(7-9)13-15-11(14-2)8-12(16-13)17-3/h4-8H,1-3H3,(H,14,15,16). The van der Waals surface area contributed by atoms with Crippen LogP contribution in [-0.4, -0.2) is 24.1 Å². The Kier molecular flexibility index (Phi) is 3.23. The average Bonchev–Trinajstić information content (AvgIpc) is 2.38. The Hall–Kier alpha value is -2.10. The fraction of sp³-hybridized carbons (Fsp3) is 0.231. The monoisotopic (exact) mass is 229 g/mol. The van der Waals surface area contributed by atoms with Crippen LogP contribution in [0.2, 0.25) is 0 Å². The van der Waals surface area contributed by atoms with E-state index in [1.165, 1.54) is 5.56 Å². The molecule has 0 saturated carbocycles. The number of aryl methyl sites for hydroxylation is 1. The molecule has 0 bridgehead atoms. The Labute approximate surface area is 101 Å². The predicted octanol–water partition coefficient (Wildman–Crippen LogP) is 2.50. The minimum atomic E-state index is 0.556. The van der Waals surface area contributed by atoms with Crippen LogP contribution in [0.25, 0.3) is 11.4 Å². The highest BCUT2D eigenvalue weighted by Gasteiger charge is 2.06. The van der Waals surface area contributed by atoms with Gasteiger partial charge in [-0.05, 0) is 13.0 Å². The van der Waals surface area contributed by atoms with E-state index in [1.54, 1.807) is 13.2 Å². The molecule has 0 spiro atoms. The normalized spacial score (nSPS) is 10.1. The van der Waals surface area contributed by atoms with E-state index < -0.39 is 0 Å². The summed E-state index contributed by atoms with van der Waals surface area (Å²) in [6, 6.07) is 9.84. The van der Waals surface area contributed by atoms with Gasteiger partial charge in [0.25, 0.3) is 0 Å². The second kappa shape index (κ2) is 4.82. The summed E-state index contributed by atoms with van der Waals surface area (Å²) >= 11 is 0. The molecule has 0 aliphatic heterocycles. The van der Waals surface area contributed by atoms with Gasteiger partial charge in [0.1, 0.15) is 5.82 Å². The Morgan fingerprint density at radius 1 is 1.18 bits per heavy atom. The van der Waals surface area contributed by atoms with E-state index >= 15 is 0 Å². The number of methoxy groups -OCH3 is 1. The summed E-state index contributed by atoms with van der Waals surface area (Å²) in [4.78, 5) is 8.75. The molecular weight excluding hydrogens is 214 g/mol. The van der Waals surface area contributed by atoms with E-state index in [1.807, 2.05) is 38.2 Å². The summed E-state index contributed by atoms with van der Waals surface area (Å²) in [5, 5.41) is 3.00. The quantitative estimate of drug-likeness (QED) is 0.878. The Balaban J connectivity index is 2.50. The Morgan fingerprint density at radius 2 is 2.00 bits per heavy atom. The summed E-state index contributed by atoms with van der Waals surface area (Å²) in [5.74, 6) is 1.96. The fourth-order valence-corrected chi connectivity index (χ4v) is 1.57. The lowest BCUT2D eigenvalue weighted by molar-refractivity contribution is 0.398. The van der Waals surface area contributed by atoms with Crippen molar-refractivity contribution in [2.75, 3.05) is 19.5 Å². The Bertz CT molecular complexity index is 504. The molecule has 4 heteroatoms. The van der Waals surface area contributed by atoms with Crippen molar-refractivity contribution in [3.05, 3.63) is 35.9 Å². The summed E-state index contributed by atoms with van der Waals surface area (Å²) in [6.45, 7) is 2.04. The molecule has 1 aromatic heterocycles. The first-order chi connectivity index (χ1) is 8.22. The van der Waals surface area contributed by atoms with Gasteiger partial charge < -0.3 is 10.1 Å². The van der Waals surface area contributed by atoms with E-state index in [-0.39, 0.29) is 0 Å². The number of rotatable bonds is 3. The molecule has 1 heterocycles. The molecule has 0 fully saturated rings. The number of ether oxygens (including phenoxy) is 1. The van der Waals surface area contributed by atoms with Crippen LogP contribution in [-0.2, 0) is 0 Å². The third kappa shape index (κ3) is 2.53. The van der Waals surface area contributed by atoms with Crippen LogP contribution >= 0.6 is 0 Å². The van der Waals surface area contributed by atoms with Crippen molar-refractivity contribution < 1.29 is 4.74 Å². The van der Waals surface area contributed by atoms with Crippen molar-refractivity contribution in [3.63, 3.8) is 0 Å². The van der Waals surface area contributed by atoms with Gasteiger partial charge in [0.05, 0.1) is 7.11 Å². The summed E-state index contributed by atoms with van der Waals surface area (Å²) in [6.07, 6.45) is 0. The zero-order valence-corrected chi connectivity index (χ0v) is 10.2. The van der Waals surface area contributed by atoms with Crippen LogP contribution < -0.4 is 10.1 Å². The highest BCUT2D eigenvalue weighted by atomic mass is 16.5. The lowest BCUT2D eigenvalue weighted by atomic mass is 10.1. The van der Waals surface area contributed by atoms with Gasteiger partial charge in [0, 0.05) is 18.7 Å². The first-order valence-corrected chi connectivity index (χ1v) is 5.41. The van der Waals surface area contributed by atoms with E-state index in [9.17, 15) is 0 Å². The van der Waals surface area contributed by atoms with Crippen molar-refractivity contribution in [1.82, 2.24) is 9.97 Å². The summed E-state index contributed by atoms with van der Waals surface area (Å²) in [7, 11) is 3.42. The van der Waals surface area contributed by atoms with Crippen molar-refractivity contribution in [1.29, 1.82) is 0 Å². The molecule has 1 N–H and O–H groups in total. The third-order valence-corrected chi connectivity index (χ3v) is 2.44. The van der Waals surface area contributed by atoms with Gasteiger partial charge in [-0.1, -0.05) is 23.8 Å². The van der Waals surface area contributed by atoms with Crippen LogP contribution in [0.1, 0.15) is 5.56 Å². The van der Waals surface area contributed by atoms with E-state index in [2.05, 4.69) is 15.3 Å². The molecule has 0 aliphatic rings. The third-order valence-electron chi connectivity index (χ3n) is 2.44. The maximum Gasteiger partial charge on any atom is 0.218 e. The van der Waals surface area contributed by atoms with Gasteiger partial charge in [-0.15, -0.1) is 0 Å². The van der Waals surface area contributed by atoms with Crippen LogP contribution in [0.5, 0.6) is 5.88 Å². The highest BCUT2D eigenvalue weighted by molar-refractivity contribution is 5.59. The fourth-order valence-electron chi connectivity index (χ4n) is 1.57. The minimum Gasteiger partial charge on any atom is -0.481 e. The predicted molar refractivity (Wildman–Crippen MR) is 68.3 cm³/mol. The van der Waals surface area contributed by atoms with E-state index in [0.717, 1.165) is 11.4 Å². The first-order valence-electron chi connectivity index (χ1n) is 5.41. The lowest BCUT2D eigenvalue weighted by Crippen LogP contribution is -1.99. The SMILES string of the molecule is CNc1cc(OC)nc(-c2cccc(C)c2)n1. The van der Waals surface area contributed by atoms with Crippen LogP contribution in [0.15, 0.2) is 30.3 Å². The zero-order valence-electron chi connectivity index (χ0n) is 10.2. The Morgan fingerprint density at radius 3 is 2.65 bits per heavy atom. The molecule has 0 aliphatic carbocycles. The number of nitrogens with one attached hydrogen (secondary N) is 1. The maximum atomic E-state index is 5.16. The molecule has 17 heavy (non-hydrogen) atoms. The van der Waals surface area contributed by atoms with Gasteiger partial charge in [-0.25, -0.2) is 4.98 Å². The molecule has 0 radical (unpaired) electrons. The molecule has 1 aromatic carbocycles. The number of benzene rings is 1. The second-order valence-corrected chi connectivity index (χ2v) is 3.74. The molecule has 0 saturated heterocycles. The number of nitrogens with zero attached hydrogens (tertiary/aromatic N) is 2. The van der Waals surface area contributed by atoms with Crippen molar-refractivity contribution in [2.24, 2.45) is 0 Å². The molecule has 0 atom stereocenters. The van der Waals surface area contributed by atoms with Crippen molar-refractivity contribution in [2.45, 2.75) is 6.92 Å². The first kappa shape index (κ1) is 11.4. The molecule has 2 aromatic rings. The maximum absolute atomic E-state index is 5.16. The van der Waals surface area contributed by atoms with Gasteiger partial charge in [-0.3, -0.25) is 0 Å². The second-order valence-electron chi connectivity index (χ2n) is 3.74. The zero-order chi connectivity index (χ0) is 12.3. The summed E-state index contributed by atoms with van der Waals surface area (Å²) < 4.78 is 5.16. The van der Waals surface area contributed by atoms with Crippen LogP contribution in [0, 0.1) is 6.92 Å². The highest BCUT2D eigenvalue weighted by Crippen LogP contribution is 2.21. The van der Waals surface area contributed by atoms with E-state index in [4.69, 9.17) is 4.74 Å². The number of hydrogen-bond donors (Lipinski definition) is 1. The lowest BCUT2D eigenvalue weighted by Gasteiger charge is -2.07. The van der Waals surface area contributed by atoms with Crippen molar-refractivity contribution >= 4 is 5.82 Å². The minimum absolute atomic E-state index is 0.556. The summed E-state index contributed by atoms with van der Waals surface area (Å²) in [5.41, 5.74) is 2.17.